The second-order valence-electron chi connectivity index (χ2n) is 5.84. The van der Waals surface area contributed by atoms with Gasteiger partial charge in [-0.1, -0.05) is 60.7 Å². The minimum absolute atomic E-state index is 0.106. The lowest BCUT2D eigenvalue weighted by atomic mass is 10.1. The molecule has 1 aromatic heterocycles. The van der Waals surface area contributed by atoms with Crippen LogP contribution in [-0.4, -0.2) is 5.91 Å². The zero-order valence-electron chi connectivity index (χ0n) is 14.3. The molecular formula is C22H18N2OS. The van der Waals surface area contributed by atoms with Crippen molar-refractivity contribution in [2.75, 3.05) is 0 Å². The van der Waals surface area contributed by atoms with E-state index in [1.165, 1.54) is 0 Å². The second-order valence-corrected chi connectivity index (χ2v) is 6.96. The molecule has 0 saturated carbocycles. The molecule has 26 heavy (non-hydrogen) atoms. The van der Waals surface area contributed by atoms with Crippen LogP contribution in [0.25, 0.3) is 16.5 Å². The Morgan fingerprint density at radius 2 is 1.69 bits per heavy atom. The topological polar surface area (TPSA) is 52.9 Å². The predicted molar refractivity (Wildman–Crippen MR) is 106 cm³/mol. The molecule has 0 fully saturated rings. The second kappa shape index (κ2) is 8.28. The Morgan fingerprint density at radius 3 is 2.35 bits per heavy atom. The molecule has 128 valence electrons. The Hall–Kier alpha value is -3.16. The molecule has 0 aliphatic carbocycles. The molecule has 0 aliphatic rings. The van der Waals surface area contributed by atoms with Crippen LogP contribution in [-0.2, 0) is 4.79 Å². The first-order valence-electron chi connectivity index (χ1n) is 8.30. The summed E-state index contributed by atoms with van der Waals surface area (Å²) in [5.74, 6) is -0.362. The van der Waals surface area contributed by atoms with Crippen LogP contribution in [0, 0.1) is 11.3 Å². The van der Waals surface area contributed by atoms with Crippen LogP contribution in [0.1, 0.15) is 23.4 Å². The molecule has 1 atom stereocenters. The van der Waals surface area contributed by atoms with Crippen molar-refractivity contribution in [3.05, 3.63) is 88.8 Å². The van der Waals surface area contributed by atoms with E-state index in [0.29, 0.717) is 0 Å². The summed E-state index contributed by atoms with van der Waals surface area (Å²) in [5, 5.41) is 12.3. The highest BCUT2D eigenvalue weighted by Gasteiger charge is 2.14. The summed E-state index contributed by atoms with van der Waals surface area (Å²) in [4.78, 5) is 14.4. The Morgan fingerprint density at radius 1 is 1.04 bits per heavy atom. The van der Waals surface area contributed by atoms with E-state index < -0.39 is 0 Å². The van der Waals surface area contributed by atoms with Gasteiger partial charge in [0.25, 0.3) is 5.91 Å². The van der Waals surface area contributed by atoms with Crippen LogP contribution >= 0.6 is 11.3 Å². The van der Waals surface area contributed by atoms with Crippen LogP contribution in [0.5, 0.6) is 0 Å². The number of rotatable bonds is 5. The van der Waals surface area contributed by atoms with Gasteiger partial charge in [-0.2, -0.15) is 5.26 Å². The third-order valence-corrected chi connectivity index (χ3v) is 5.07. The van der Waals surface area contributed by atoms with Crippen LogP contribution < -0.4 is 5.32 Å². The van der Waals surface area contributed by atoms with Gasteiger partial charge in [0.2, 0.25) is 0 Å². The molecule has 3 rings (SSSR count). The largest absolute Gasteiger partial charge is 0.345 e. The molecule has 3 aromatic rings. The van der Waals surface area contributed by atoms with Gasteiger partial charge in [-0.3, -0.25) is 4.79 Å². The average Bonchev–Trinajstić information content (AvgIpc) is 3.16. The summed E-state index contributed by atoms with van der Waals surface area (Å²) in [6.07, 6.45) is 1.64. The maximum atomic E-state index is 12.4. The van der Waals surface area contributed by atoms with Crippen molar-refractivity contribution in [1.82, 2.24) is 5.32 Å². The van der Waals surface area contributed by atoms with Crippen LogP contribution in [0.2, 0.25) is 0 Å². The summed E-state index contributed by atoms with van der Waals surface area (Å²) in [7, 11) is 0. The van der Waals surface area contributed by atoms with Crippen LogP contribution in [0.15, 0.2) is 78.4 Å². The van der Waals surface area contributed by atoms with E-state index in [1.54, 1.807) is 17.4 Å². The van der Waals surface area contributed by atoms with Crippen LogP contribution in [0.3, 0.4) is 0 Å². The van der Waals surface area contributed by atoms with Crippen molar-refractivity contribution in [3.8, 4) is 16.5 Å². The highest BCUT2D eigenvalue weighted by atomic mass is 32.1. The van der Waals surface area contributed by atoms with Gasteiger partial charge in [0.05, 0.1) is 6.04 Å². The molecule has 1 N–H and O–H groups in total. The zero-order chi connectivity index (χ0) is 18.4. The van der Waals surface area contributed by atoms with E-state index >= 15 is 0 Å². The lowest BCUT2D eigenvalue weighted by Gasteiger charge is -2.13. The fourth-order valence-corrected chi connectivity index (χ4v) is 3.54. The van der Waals surface area contributed by atoms with E-state index in [2.05, 4.69) is 5.32 Å². The van der Waals surface area contributed by atoms with E-state index in [9.17, 15) is 10.1 Å². The van der Waals surface area contributed by atoms with Crippen molar-refractivity contribution in [3.63, 3.8) is 0 Å². The lowest BCUT2D eigenvalue weighted by molar-refractivity contribution is -0.117. The molecule has 3 nitrogen and oxygen atoms in total. The van der Waals surface area contributed by atoms with Gasteiger partial charge in [0, 0.05) is 9.75 Å². The van der Waals surface area contributed by atoms with E-state index in [4.69, 9.17) is 0 Å². The maximum Gasteiger partial charge on any atom is 0.262 e. The van der Waals surface area contributed by atoms with E-state index in [0.717, 1.165) is 20.9 Å². The van der Waals surface area contributed by atoms with Crippen molar-refractivity contribution < 1.29 is 4.79 Å². The quantitative estimate of drug-likeness (QED) is 0.503. The fraction of sp³-hybridized carbons (Fsp3) is 0.0909. The first-order chi connectivity index (χ1) is 12.7. The number of hydrogen-bond acceptors (Lipinski definition) is 3. The molecule has 1 amide bonds. The molecule has 1 unspecified atom stereocenters. The minimum atomic E-state index is -0.362. The van der Waals surface area contributed by atoms with Gasteiger partial charge in [-0.05, 0) is 36.3 Å². The molecule has 2 aromatic carbocycles. The van der Waals surface area contributed by atoms with Gasteiger partial charge in [-0.15, -0.1) is 11.3 Å². The first kappa shape index (κ1) is 17.7. The Balaban J connectivity index is 1.75. The van der Waals surface area contributed by atoms with Crippen molar-refractivity contribution >= 4 is 23.3 Å². The third-order valence-electron chi connectivity index (χ3n) is 3.98. The lowest BCUT2D eigenvalue weighted by Crippen LogP contribution is -2.27. The Labute approximate surface area is 157 Å². The fourth-order valence-electron chi connectivity index (χ4n) is 2.58. The molecule has 0 bridgehead atoms. The number of nitrogens with zero attached hydrogens (tertiary/aromatic N) is 1. The third kappa shape index (κ3) is 4.27. The molecule has 0 radical (unpaired) electrons. The summed E-state index contributed by atoms with van der Waals surface area (Å²) in [6, 6.07) is 25.5. The number of thiophene rings is 1. The number of carbonyl (C=O) groups excluding carboxylic acids is 1. The summed E-state index contributed by atoms with van der Waals surface area (Å²) >= 11 is 1.55. The van der Waals surface area contributed by atoms with Gasteiger partial charge in [0.1, 0.15) is 11.6 Å². The molecule has 0 saturated heterocycles. The summed E-state index contributed by atoms with van der Waals surface area (Å²) in [5.41, 5.74) is 2.23. The van der Waals surface area contributed by atoms with Gasteiger partial charge < -0.3 is 5.32 Å². The Bertz CT molecular complexity index is 953. The molecule has 0 spiro atoms. The molecule has 0 aliphatic heterocycles. The monoisotopic (exact) mass is 358 g/mol. The Kier molecular flexibility index (Phi) is 5.62. The summed E-state index contributed by atoms with van der Waals surface area (Å²) in [6.45, 7) is 1.90. The summed E-state index contributed by atoms with van der Waals surface area (Å²) < 4.78 is 0. The van der Waals surface area contributed by atoms with Crippen molar-refractivity contribution in [2.24, 2.45) is 0 Å². The number of benzene rings is 2. The normalized spacial score (nSPS) is 12.2. The number of hydrogen-bond donors (Lipinski definition) is 1. The molecular weight excluding hydrogens is 340 g/mol. The minimum Gasteiger partial charge on any atom is -0.345 e. The van der Waals surface area contributed by atoms with Crippen molar-refractivity contribution in [1.29, 1.82) is 5.26 Å². The highest BCUT2D eigenvalue weighted by Crippen LogP contribution is 2.29. The molecule has 1 heterocycles. The number of nitrogens with one attached hydrogen (secondary N) is 1. The van der Waals surface area contributed by atoms with E-state index in [1.807, 2.05) is 85.8 Å². The SMILES string of the molecule is CC(NC(=O)/C(C#N)=C/c1ccc(-c2ccccc2)s1)c1ccccc1. The number of carbonyl (C=O) groups is 1. The average molecular weight is 358 g/mol. The van der Waals surface area contributed by atoms with Gasteiger partial charge >= 0.3 is 0 Å². The predicted octanol–water partition coefficient (Wildman–Crippen LogP) is 5.20. The standard InChI is InChI=1S/C22H18N2OS/c1-16(17-8-4-2-5-9-17)24-22(25)19(15-23)14-20-12-13-21(26-20)18-10-6-3-7-11-18/h2-14,16H,1H3,(H,24,25)/b19-14+. The smallest absolute Gasteiger partial charge is 0.262 e. The molecule has 4 heteroatoms. The number of amides is 1. The number of nitriles is 1. The van der Waals surface area contributed by atoms with Crippen LogP contribution in [0.4, 0.5) is 0 Å². The van der Waals surface area contributed by atoms with Gasteiger partial charge in [0.15, 0.2) is 0 Å². The van der Waals surface area contributed by atoms with E-state index in [-0.39, 0.29) is 17.5 Å². The van der Waals surface area contributed by atoms with Gasteiger partial charge in [-0.25, -0.2) is 0 Å². The first-order valence-corrected chi connectivity index (χ1v) is 9.12. The highest BCUT2D eigenvalue weighted by molar-refractivity contribution is 7.16. The zero-order valence-corrected chi connectivity index (χ0v) is 15.2. The maximum absolute atomic E-state index is 12.4. The van der Waals surface area contributed by atoms with Crippen molar-refractivity contribution in [2.45, 2.75) is 13.0 Å².